The van der Waals surface area contributed by atoms with Crippen LogP contribution in [-0.4, -0.2) is 11.5 Å². The fourth-order valence-corrected chi connectivity index (χ4v) is 0.958. The van der Waals surface area contributed by atoms with E-state index in [2.05, 4.69) is 10.3 Å². The molecule has 1 rings (SSSR count). The molecular formula is C8H8ClN3. The van der Waals surface area contributed by atoms with Crippen LogP contribution < -0.4 is 5.32 Å². The van der Waals surface area contributed by atoms with Gasteiger partial charge >= 0.3 is 0 Å². The quantitative estimate of drug-likeness (QED) is 0.727. The molecular weight excluding hydrogens is 174 g/mol. The van der Waals surface area contributed by atoms with Crippen molar-refractivity contribution in [3.05, 3.63) is 23.5 Å². The third-order valence-corrected chi connectivity index (χ3v) is 1.63. The van der Waals surface area contributed by atoms with Crippen LogP contribution >= 0.6 is 11.6 Å². The summed E-state index contributed by atoms with van der Waals surface area (Å²) in [6.07, 6.45) is 3.69. The topological polar surface area (TPSA) is 48.7 Å². The minimum Gasteiger partial charge on any atom is -0.383 e. The second-order valence-corrected chi connectivity index (χ2v) is 2.60. The summed E-state index contributed by atoms with van der Waals surface area (Å²) in [7, 11) is 0. The monoisotopic (exact) mass is 181 g/mol. The first-order chi connectivity index (χ1) is 5.84. The molecule has 0 unspecified atom stereocenters. The molecule has 0 aromatic carbocycles. The molecule has 0 spiro atoms. The number of hydrogen-bond donors (Lipinski definition) is 1. The van der Waals surface area contributed by atoms with Crippen LogP contribution in [0.3, 0.4) is 0 Å². The number of aromatic nitrogens is 1. The first-order valence-electron chi connectivity index (χ1n) is 3.55. The lowest BCUT2D eigenvalue weighted by molar-refractivity contribution is 1.07. The number of hydrogen-bond acceptors (Lipinski definition) is 3. The highest BCUT2D eigenvalue weighted by Crippen LogP contribution is 2.18. The van der Waals surface area contributed by atoms with E-state index in [1.54, 1.807) is 18.5 Å². The van der Waals surface area contributed by atoms with E-state index in [1.165, 1.54) is 0 Å². The van der Waals surface area contributed by atoms with Crippen LogP contribution in [0, 0.1) is 11.3 Å². The van der Waals surface area contributed by atoms with Gasteiger partial charge in [-0.15, -0.1) is 0 Å². The molecule has 12 heavy (non-hydrogen) atoms. The largest absolute Gasteiger partial charge is 0.383 e. The zero-order valence-corrected chi connectivity index (χ0v) is 7.17. The molecule has 1 N–H and O–H groups in total. The van der Waals surface area contributed by atoms with Crippen molar-refractivity contribution in [3.8, 4) is 6.07 Å². The minimum atomic E-state index is 0.471. The summed E-state index contributed by atoms with van der Waals surface area (Å²) in [4.78, 5) is 3.84. The molecule has 0 bridgehead atoms. The van der Waals surface area contributed by atoms with E-state index in [9.17, 15) is 0 Å². The molecule has 3 nitrogen and oxygen atoms in total. The minimum absolute atomic E-state index is 0.471. The zero-order valence-electron chi connectivity index (χ0n) is 6.42. The van der Waals surface area contributed by atoms with Crippen LogP contribution in [0.5, 0.6) is 0 Å². The van der Waals surface area contributed by atoms with Crippen LogP contribution in [0.2, 0.25) is 5.02 Å². The maximum atomic E-state index is 8.28. The van der Waals surface area contributed by atoms with Gasteiger partial charge in [0.05, 0.1) is 23.2 Å². The maximum absolute atomic E-state index is 8.28. The fourth-order valence-electron chi connectivity index (χ4n) is 0.772. The van der Waals surface area contributed by atoms with Crippen LogP contribution in [0.1, 0.15) is 6.42 Å². The van der Waals surface area contributed by atoms with E-state index in [0.717, 1.165) is 5.69 Å². The lowest BCUT2D eigenvalue weighted by Crippen LogP contribution is -2.00. The van der Waals surface area contributed by atoms with E-state index in [-0.39, 0.29) is 0 Å². The molecule has 0 saturated heterocycles. The number of nitrogens with zero attached hydrogens (tertiary/aromatic N) is 2. The third kappa shape index (κ3) is 2.40. The van der Waals surface area contributed by atoms with Crippen molar-refractivity contribution in [3.63, 3.8) is 0 Å². The Morgan fingerprint density at radius 2 is 2.50 bits per heavy atom. The Labute approximate surface area is 76.0 Å². The maximum Gasteiger partial charge on any atom is 0.0820 e. The summed E-state index contributed by atoms with van der Waals surface area (Å²) < 4.78 is 0. The average molecular weight is 182 g/mol. The van der Waals surface area contributed by atoms with Crippen molar-refractivity contribution >= 4 is 17.3 Å². The van der Waals surface area contributed by atoms with E-state index in [4.69, 9.17) is 16.9 Å². The smallest absolute Gasteiger partial charge is 0.0820 e. The third-order valence-electron chi connectivity index (χ3n) is 1.32. The van der Waals surface area contributed by atoms with Gasteiger partial charge in [-0.25, -0.2) is 0 Å². The van der Waals surface area contributed by atoms with Crippen molar-refractivity contribution in [2.75, 3.05) is 11.9 Å². The number of halogens is 1. The molecule has 62 valence electrons. The average Bonchev–Trinajstić information content (AvgIpc) is 2.09. The summed E-state index contributed by atoms with van der Waals surface area (Å²) in [5.74, 6) is 0. The highest BCUT2D eigenvalue weighted by atomic mass is 35.5. The summed E-state index contributed by atoms with van der Waals surface area (Å²) in [5.41, 5.74) is 0.821. The second kappa shape index (κ2) is 4.58. The van der Waals surface area contributed by atoms with E-state index in [1.807, 2.05) is 6.07 Å². The molecule has 1 aromatic heterocycles. The summed E-state index contributed by atoms with van der Waals surface area (Å²) in [6.45, 7) is 0.611. The predicted octanol–water partition coefficient (Wildman–Crippen LogP) is 2.06. The first kappa shape index (κ1) is 8.82. The van der Waals surface area contributed by atoms with Gasteiger partial charge < -0.3 is 5.32 Å². The highest BCUT2D eigenvalue weighted by molar-refractivity contribution is 6.33. The number of pyridine rings is 1. The molecule has 0 aliphatic carbocycles. The van der Waals surface area contributed by atoms with Gasteiger partial charge in [-0.3, -0.25) is 4.98 Å². The van der Waals surface area contributed by atoms with Crippen molar-refractivity contribution in [1.29, 1.82) is 5.26 Å². The number of anilines is 1. The van der Waals surface area contributed by atoms with E-state index < -0.39 is 0 Å². The predicted molar refractivity (Wildman–Crippen MR) is 48.0 cm³/mol. The molecule has 1 aromatic rings. The van der Waals surface area contributed by atoms with Crippen molar-refractivity contribution in [2.24, 2.45) is 0 Å². The van der Waals surface area contributed by atoms with E-state index in [0.29, 0.717) is 18.0 Å². The highest BCUT2D eigenvalue weighted by Gasteiger charge is 1.96. The molecule has 0 aliphatic heterocycles. The molecule has 0 fully saturated rings. The van der Waals surface area contributed by atoms with Crippen LogP contribution in [-0.2, 0) is 0 Å². The number of nitrogens with one attached hydrogen (secondary N) is 1. The SMILES string of the molecule is N#CCCNc1ccncc1Cl. The Kier molecular flexibility index (Phi) is 3.36. The van der Waals surface area contributed by atoms with E-state index >= 15 is 0 Å². The molecule has 0 saturated carbocycles. The summed E-state index contributed by atoms with van der Waals surface area (Å²) in [6, 6.07) is 3.81. The molecule has 0 atom stereocenters. The molecule has 4 heteroatoms. The van der Waals surface area contributed by atoms with Gasteiger partial charge in [-0.1, -0.05) is 11.6 Å². The normalized spacial score (nSPS) is 9.00. The van der Waals surface area contributed by atoms with Crippen molar-refractivity contribution in [1.82, 2.24) is 4.98 Å². The summed E-state index contributed by atoms with van der Waals surface area (Å²) >= 11 is 5.80. The van der Waals surface area contributed by atoms with Gasteiger partial charge in [0.2, 0.25) is 0 Å². The van der Waals surface area contributed by atoms with Gasteiger partial charge in [0, 0.05) is 18.9 Å². The van der Waals surface area contributed by atoms with Gasteiger partial charge in [0.15, 0.2) is 0 Å². The lowest BCUT2D eigenvalue weighted by atomic mass is 10.4. The molecule has 0 amide bonds. The molecule has 0 aliphatic rings. The van der Waals surface area contributed by atoms with Gasteiger partial charge in [-0.05, 0) is 6.07 Å². The Bertz CT molecular complexity index is 293. The summed E-state index contributed by atoms with van der Waals surface area (Å²) in [5, 5.41) is 11.9. The van der Waals surface area contributed by atoms with Gasteiger partial charge in [-0.2, -0.15) is 5.26 Å². The van der Waals surface area contributed by atoms with Crippen LogP contribution in [0.4, 0.5) is 5.69 Å². The van der Waals surface area contributed by atoms with Gasteiger partial charge in [0.25, 0.3) is 0 Å². The Morgan fingerprint density at radius 1 is 1.67 bits per heavy atom. The Morgan fingerprint density at radius 3 is 3.17 bits per heavy atom. The Balaban J connectivity index is 2.53. The first-order valence-corrected chi connectivity index (χ1v) is 3.92. The zero-order chi connectivity index (χ0) is 8.81. The number of rotatable bonds is 3. The molecule has 0 radical (unpaired) electrons. The lowest BCUT2D eigenvalue weighted by Gasteiger charge is -2.03. The van der Waals surface area contributed by atoms with Crippen LogP contribution in [0.25, 0.3) is 0 Å². The number of nitriles is 1. The standard InChI is InChI=1S/C8H8ClN3/c9-7-6-11-5-2-8(7)12-4-1-3-10/h2,5-6H,1,4H2,(H,11,12). The Hall–Kier alpha value is -1.27. The fraction of sp³-hybridized carbons (Fsp3) is 0.250. The second-order valence-electron chi connectivity index (χ2n) is 2.19. The van der Waals surface area contributed by atoms with Gasteiger partial charge in [0.1, 0.15) is 0 Å². The van der Waals surface area contributed by atoms with Crippen molar-refractivity contribution < 1.29 is 0 Å². The van der Waals surface area contributed by atoms with Crippen molar-refractivity contribution in [2.45, 2.75) is 6.42 Å². The van der Waals surface area contributed by atoms with Crippen LogP contribution in [0.15, 0.2) is 18.5 Å². The molecule has 1 heterocycles.